The largest absolute Gasteiger partial charge is 0.394 e. The summed E-state index contributed by atoms with van der Waals surface area (Å²) in [5.74, 6) is -5.06. The molecule has 0 aromatic rings. The van der Waals surface area contributed by atoms with Gasteiger partial charge in [-0.25, -0.2) is 0 Å². The normalized spacial score (nSPS) is 27.3. The van der Waals surface area contributed by atoms with Crippen molar-refractivity contribution in [1.82, 2.24) is 42.5 Å². The summed E-state index contributed by atoms with van der Waals surface area (Å²) in [5.41, 5.74) is -1.32. The molecule has 32 nitrogen and oxygen atoms in total. The Morgan fingerprint density at radius 3 is 0.911 bits per heavy atom. The maximum Gasteiger partial charge on any atom is 0.222 e. The van der Waals surface area contributed by atoms with Crippen LogP contribution in [0.3, 0.4) is 0 Å². The third-order valence-electron chi connectivity index (χ3n) is 15.9. The summed E-state index contributed by atoms with van der Waals surface area (Å²) in [6.07, 6.45) is -12.7. The fourth-order valence-corrected chi connectivity index (χ4v) is 10.1. The van der Waals surface area contributed by atoms with Gasteiger partial charge in [-0.15, -0.1) is 0 Å². The first-order valence-electron chi connectivity index (χ1n) is 31.4. The van der Waals surface area contributed by atoms with E-state index in [9.17, 15) is 84.3 Å². The molecule has 3 aliphatic heterocycles. The van der Waals surface area contributed by atoms with Gasteiger partial charge in [0.15, 0.2) is 18.9 Å². The molecular formula is C58H104N8O24. The van der Waals surface area contributed by atoms with E-state index in [2.05, 4.69) is 42.5 Å². The molecule has 15 atom stereocenters. The summed E-state index contributed by atoms with van der Waals surface area (Å²) in [6.45, 7) is 4.71. The van der Waals surface area contributed by atoms with Crippen molar-refractivity contribution < 1.29 is 117 Å². The third kappa shape index (κ3) is 29.4. The molecule has 0 saturated carbocycles. The predicted octanol–water partition coefficient (Wildman–Crippen LogP) is -5.18. The van der Waals surface area contributed by atoms with E-state index in [-0.39, 0.29) is 160 Å². The molecule has 0 bridgehead atoms. The second-order valence-corrected chi connectivity index (χ2v) is 23.1. The Kier molecular flexibility index (Phi) is 38.7. The number of amides is 8. The van der Waals surface area contributed by atoms with Crippen LogP contribution >= 0.6 is 0 Å². The Morgan fingerprint density at radius 2 is 0.622 bits per heavy atom. The van der Waals surface area contributed by atoms with Gasteiger partial charge in [0.25, 0.3) is 0 Å². The number of carbonyl (C=O) groups excluding carboxylic acids is 8. The van der Waals surface area contributed by atoms with Crippen LogP contribution in [-0.2, 0) is 71.5 Å². The van der Waals surface area contributed by atoms with Gasteiger partial charge in [0.1, 0.15) is 36.6 Å². The number of aliphatic hydroxyl groups excluding tert-OH is 9. The van der Waals surface area contributed by atoms with E-state index in [1.807, 2.05) is 0 Å². The molecule has 0 radical (unpaired) electrons. The fraction of sp³-hybridized carbons (Fsp3) is 0.862. The van der Waals surface area contributed by atoms with Crippen LogP contribution in [-0.4, -0.2) is 272 Å². The first-order chi connectivity index (χ1) is 43.0. The van der Waals surface area contributed by atoms with E-state index >= 15 is 0 Å². The van der Waals surface area contributed by atoms with Crippen LogP contribution in [0.15, 0.2) is 0 Å². The first kappa shape index (κ1) is 79.4. The van der Waals surface area contributed by atoms with Crippen LogP contribution in [0.4, 0.5) is 0 Å². The van der Waals surface area contributed by atoms with Gasteiger partial charge in [0.05, 0.1) is 77.2 Å². The maximum atomic E-state index is 13.8. The molecule has 3 rings (SSSR count). The van der Waals surface area contributed by atoms with Crippen molar-refractivity contribution in [3.63, 3.8) is 0 Å². The molecule has 17 N–H and O–H groups in total. The highest BCUT2D eigenvalue weighted by atomic mass is 16.7. The molecule has 3 fully saturated rings. The molecule has 32 heteroatoms. The summed E-state index contributed by atoms with van der Waals surface area (Å²) >= 11 is 0. The fourth-order valence-electron chi connectivity index (χ4n) is 10.1. The van der Waals surface area contributed by atoms with Crippen molar-refractivity contribution in [2.24, 2.45) is 17.8 Å². The number of ether oxygens (including phenoxy) is 7. The zero-order valence-corrected chi connectivity index (χ0v) is 52.5. The number of nitrogens with one attached hydrogen (secondary N) is 8. The number of rotatable bonds is 45. The van der Waals surface area contributed by atoms with Crippen molar-refractivity contribution in [2.45, 2.75) is 203 Å². The minimum absolute atomic E-state index is 0.0294. The van der Waals surface area contributed by atoms with Gasteiger partial charge in [-0.05, 0) is 51.4 Å². The molecule has 0 aromatic carbocycles. The second kappa shape index (κ2) is 43.9. The number of carbonyl (C=O) groups is 8. The highest BCUT2D eigenvalue weighted by Crippen LogP contribution is 2.30. The van der Waals surface area contributed by atoms with Gasteiger partial charge in [0, 0.05) is 115 Å². The highest BCUT2D eigenvalue weighted by molar-refractivity contribution is 5.81. The number of methoxy groups -OCH3 is 1. The highest BCUT2D eigenvalue weighted by Gasteiger charge is 2.45. The smallest absolute Gasteiger partial charge is 0.222 e. The zero-order chi connectivity index (χ0) is 66.6. The monoisotopic (exact) mass is 1300 g/mol. The SMILES string of the molecule is COCCCNC(=O)CCCC(=O)NC(CCC(=O)NCCCNC(=O)CCOC1OC(CO)C(O)C(O)C1C)(CCC(=O)NCCCNC(=O)CCO[C@@H]1OC(CO)[C@H](O)[C@H](O)C1C)CCC(=O)NCCCNC(=O)CCO[C@@H]1OC(CO)[C@H](O)[C@H](O)C1C. The van der Waals surface area contributed by atoms with Crippen LogP contribution in [0.2, 0.25) is 0 Å². The molecule has 0 spiro atoms. The quantitative estimate of drug-likeness (QED) is 0.0254. The Hall–Kier alpha value is -4.88. The summed E-state index contributed by atoms with van der Waals surface area (Å²) < 4.78 is 38.5. The lowest BCUT2D eigenvalue weighted by molar-refractivity contribution is -0.282. The molecule has 8 amide bonds. The van der Waals surface area contributed by atoms with Crippen molar-refractivity contribution in [1.29, 1.82) is 0 Å². The van der Waals surface area contributed by atoms with E-state index in [0.29, 0.717) is 38.8 Å². The van der Waals surface area contributed by atoms with E-state index in [1.54, 1.807) is 27.9 Å². The van der Waals surface area contributed by atoms with Crippen molar-refractivity contribution in [2.75, 3.05) is 99.2 Å². The Labute approximate surface area is 525 Å². The molecule has 90 heavy (non-hydrogen) atoms. The summed E-state index contributed by atoms with van der Waals surface area (Å²) in [7, 11) is 1.54. The number of hydrogen-bond donors (Lipinski definition) is 17. The lowest BCUT2D eigenvalue weighted by atomic mass is 9.82. The van der Waals surface area contributed by atoms with E-state index in [1.165, 1.54) is 0 Å². The van der Waals surface area contributed by atoms with Crippen LogP contribution in [0.1, 0.15) is 124 Å². The van der Waals surface area contributed by atoms with E-state index in [4.69, 9.17) is 33.2 Å². The van der Waals surface area contributed by atoms with Crippen molar-refractivity contribution in [3.05, 3.63) is 0 Å². The Bertz CT molecular complexity index is 1940. The van der Waals surface area contributed by atoms with Crippen molar-refractivity contribution >= 4 is 47.3 Å². The van der Waals surface area contributed by atoms with Crippen LogP contribution in [0, 0.1) is 17.8 Å². The molecule has 3 aliphatic rings. The number of hydrogen-bond acceptors (Lipinski definition) is 24. The van der Waals surface area contributed by atoms with Gasteiger partial charge in [-0.3, -0.25) is 38.4 Å². The molecular weight excluding hydrogens is 1190 g/mol. The Morgan fingerprint density at radius 1 is 0.356 bits per heavy atom. The van der Waals surface area contributed by atoms with E-state index in [0.717, 1.165) is 0 Å². The average Bonchev–Trinajstić information content (AvgIpc) is 1.14. The minimum atomic E-state index is -1.32. The molecule has 0 aromatic heterocycles. The average molecular weight is 1300 g/mol. The standard InChI is InChI=1S/C58H104N8O24/c1-35-49(78)52(81)38(32-67)88-55(35)85-29-15-45(74)62-24-6-21-59-42(71)12-18-58(66-48(77)11-5-10-41(70)65-27-9-28-84-4,19-13-43(72)60-22-7-25-63-46(75)16-30-86-56-36(2)50(79)53(82)39(33-68)89-56)20-14-44(73)61-23-8-26-64-47(76)17-31-87-57-37(3)51(80)54(83)40(34-69)90-57/h35-40,49-57,67-69,78-83H,5-34H2,1-4H3,(H,59,71)(H,60,72)(H,61,73)(H,62,74)(H,63,75)(H,64,76)(H,65,70)(H,66,77)/t35?,36?,37?,38?,39?,40?,49-,50-,51?,52+,53+,54?,55-,56-,57?,58?/m1/s1. The van der Waals surface area contributed by atoms with Crippen LogP contribution < -0.4 is 42.5 Å². The molecule has 520 valence electrons. The minimum Gasteiger partial charge on any atom is -0.394 e. The van der Waals surface area contributed by atoms with Gasteiger partial charge in [-0.2, -0.15) is 0 Å². The second-order valence-electron chi connectivity index (χ2n) is 23.1. The lowest BCUT2D eigenvalue weighted by Crippen LogP contribution is -2.55. The van der Waals surface area contributed by atoms with Crippen LogP contribution in [0.5, 0.6) is 0 Å². The van der Waals surface area contributed by atoms with E-state index < -0.39 is 141 Å². The number of aliphatic hydroxyl groups is 9. The van der Waals surface area contributed by atoms with Gasteiger partial charge in [-0.1, -0.05) is 20.8 Å². The predicted molar refractivity (Wildman–Crippen MR) is 316 cm³/mol. The molecule has 3 saturated heterocycles. The summed E-state index contributed by atoms with van der Waals surface area (Å²) in [4.78, 5) is 105. The first-order valence-corrected chi connectivity index (χ1v) is 31.4. The van der Waals surface area contributed by atoms with Gasteiger partial charge < -0.3 is 122 Å². The topological polar surface area (TPSA) is 479 Å². The third-order valence-corrected chi connectivity index (χ3v) is 15.9. The van der Waals surface area contributed by atoms with Gasteiger partial charge in [0.2, 0.25) is 47.3 Å². The molecule has 9 unspecified atom stereocenters. The Balaban J connectivity index is 1.61. The van der Waals surface area contributed by atoms with Crippen LogP contribution in [0.25, 0.3) is 0 Å². The maximum absolute atomic E-state index is 13.8. The zero-order valence-electron chi connectivity index (χ0n) is 52.5. The summed E-state index contributed by atoms with van der Waals surface area (Å²) in [6, 6.07) is 0. The summed E-state index contributed by atoms with van der Waals surface area (Å²) in [5, 5.41) is 112. The lowest BCUT2D eigenvalue weighted by Gasteiger charge is -2.40. The van der Waals surface area contributed by atoms with Crippen molar-refractivity contribution in [3.8, 4) is 0 Å². The molecule has 0 aliphatic carbocycles. The molecule has 3 heterocycles. The van der Waals surface area contributed by atoms with Gasteiger partial charge >= 0.3 is 0 Å².